The van der Waals surface area contributed by atoms with Crippen molar-refractivity contribution in [1.82, 2.24) is 4.31 Å². The Labute approximate surface area is 96.9 Å². The molecule has 0 radical (unpaired) electrons. The van der Waals surface area contributed by atoms with Crippen LogP contribution in [0.4, 0.5) is 14.9 Å². The summed E-state index contributed by atoms with van der Waals surface area (Å²) in [5.74, 6) is 0. The van der Waals surface area contributed by atoms with Gasteiger partial charge in [0.05, 0.1) is 12.1 Å². The van der Waals surface area contributed by atoms with Gasteiger partial charge >= 0.3 is 6.16 Å². The molecule has 6 heteroatoms. The number of rotatable bonds is 3. The minimum Gasteiger partial charge on any atom is -0.312 e. The Morgan fingerprint density at radius 2 is 2.27 bits per heavy atom. The third kappa shape index (κ3) is 3.60. The molecule has 0 saturated heterocycles. The number of nitrogens with zero attached hydrogens (tertiary/aromatic N) is 1. The molecule has 3 nitrogen and oxygen atoms in total. The van der Waals surface area contributed by atoms with Crippen molar-refractivity contribution in [3.8, 4) is 0 Å². The van der Waals surface area contributed by atoms with Crippen LogP contribution in [0.5, 0.6) is 0 Å². The van der Waals surface area contributed by atoms with Crippen molar-refractivity contribution in [2.45, 2.75) is 6.92 Å². The molecule has 0 saturated carbocycles. The fourth-order valence-electron chi connectivity index (χ4n) is 0.895. The maximum absolute atomic E-state index is 12.2. The normalized spacial score (nSPS) is 9.87. The highest BCUT2D eigenvalue weighted by molar-refractivity contribution is 7.98. The molecule has 0 spiro atoms. The Hall–Kier alpha value is -0.940. The van der Waals surface area contributed by atoms with Gasteiger partial charge in [0.1, 0.15) is 0 Å². The van der Waals surface area contributed by atoms with E-state index in [1.165, 1.54) is 7.05 Å². The molecule has 82 valence electrons. The lowest BCUT2D eigenvalue weighted by atomic mass is 10.2. The van der Waals surface area contributed by atoms with Crippen LogP contribution in [0.1, 0.15) is 5.56 Å². The van der Waals surface area contributed by atoms with Crippen molar-refractivity contribution >= 4 is 35.6 Å². The minimum atomic E-state index is -1.50. The second kappa shape index (κ2) is 5.23. The van der Waals surface area contributed by atoms with Gasteiger partial charge in [-0.15, -0.1) is 4.39 Å². The number of amides is 1. The second-order valence-electron chi connectivity index (χ2n) is 2.90. The average molecular weight is 249 g/mol. The van der Waals surface area contributed by atoms with Crippen LogP contribution in [0.2, 0.25) is 5.02 Å². The van der Waals surface area contributed by atoms with Gasteiger partial charge in [-0.25, -0.2) is 9.10 Å². The van der Waals surface area contributed by atoms with E-state index >= 15 is 0 Å². The summed E-state index contributed by atoms with van der Waals surface area (Å²) in [5, 5.41) is 0.637. The molecule has 0 atom stereocenters. The summed E-state index contributed by atoms with van der Waals surface area (Å²) < 4.78 is 15.9. The predicted molar refractivity (Wildman–Crippen MR) is 61.7 cm³/mol. The molecule has 1 rings (SSSR count). The second-order valence-corrected chi connectivity index (χ2v) is 4.27. The van der Waals surface area contributed by atoms with Crippen LogP contribution in [-0.4, -0.2) is 17.5 Å². The summed E-state index contributed by atoms with van der Waals surface area (Å²) in [6.07, 6.45) is -1.50. The summed E-state index contributed by atoms with van der Waals surface area (Å²) in [6.45, 7) is 1.87. The number of hydrogen-bond acceptors (Lipinski definition) is 3. The Kier molecular flexibility index (Phi) is 4.23. The highest BCUT2D eigenvalue weighted by Gasteiger charge is 2.07. The number of nitrogens with one attached hydrogen (secondary N) is 1. The first-order valence-electron chi connectivity index (χ1n) is 4.13. The Morgan fingerprint density at radius 3 is 2.80 bits per heavy atom. The van der Waals surface area contributed by atoms with Crippen molar-refractivity contribution < 1.29 is 9.18 Å². The van der Waals surface area contributed by atoms with Crippen LogP contribution in [-0.2, 0) is 0 Å². The first-order chi connectivity index (χ1) is 7.00. The molecule has 0 aliphatic heterocycles. The standard InChI is InChI=1S/C9H10ClFN2OS/c1-6-5-7(10)3-4-8(6)12-15-13(2)9(11)14/h3-5,12H,1-2H3. The van der Waals surface area contributed by atoms with Crippen LogP contribution in [0.25, 0.3) is 0 Å². The van der Waals surface area contributed by atoms with E-state index in [0.29, 0.717) is 5.02 Å². The van der Waals surface area contributed by atoms with E-state index < -0.39 is 6.16 Å². The molecule has 15 heavy (non-hydrogen) atoms. The number of hydrogen-bond donors (Lipinski definition) is 1. The van der Waals surface area contributed by atoms with E-state index in [9.17, 15) is 9.18 Å². The monoisotopic (exact) mass is 248 g/mol. The maximum atomic E-state index is 12.2. The van der Waals surface area contributed by atoms with E-state index in [-0.39, 0.29) is 0 Å². The Bertz CT molecular complexity index is 375. The van der Waals surface area contributed by atoms with Crippen LogP contribution >= 0.6 is 23.7 Å². The zero-order chi connectivity index (χ0) is 11.4. The molecule has 0 aliphatic carbocycles. The topological polar surface area (TPSA) is 32.3 Å². The third-order valence-corrected chi connectivity index (χ3v) is 2.69. The van der Waals surface area contributed by atoms with Crippen LogP contribution < -0.4 is 4.72 Å². The zero-order valence-electron chi connectivity index (χ0n) is 8.25. The van der Waals surface area contributed by atoms with Crippen molar-refractivity contribution in [1.29, 1.82) is 0 Å². The highest BCUT2D eigenvalue weighted by atomic mass is 35.5. The molecule has 0 bridgehead atoms. The van der Waals surface area contributed by atoms with Gasteiger partial charge in [0.25, 0.3) is 0 Å². The van der Waals surface area contributed by atoms with Gasteiger partial charge < -0.3 is 4.72 Å². The molecule has 1 aromatic carbocycles. The smallest absolute Gasteiger partial charge is 0.312 e. The molecule has 0 heterocycles. The van der Waals surface area contributed by atoms with E-state index in [2.05, 4.69) is 4.72 Å². The number of halogens is 2. The van der Waals surface area contributed by atoms with E-state index in [1.807, 2.05) is 6.92 Å². The number of anilines is 1. The van der Waals surface area contributed by atoms with E-state index in [1.54, 1.807) is 18.2 Å². The van der Waals surface area contributed by atoms with Gasteiger partial charge in [0, 0.05) is 17.8 Å². The van der Waals surface area contributed by atoms with E-state index in [0.717, 1.165) is 27.7 Å². The van der Waals surface area contributed by atoms with Crippen LogP contribution in [0.3, 0.4) is 0 Å². The largest absolute Gasteiger partial charge is 0.411 e. The molecular weight excluding hydrogens is 239 g/mol. The van der Waals surface area contributed by atoms with Crippen molar-refractivity contribution in [2.24, 2.45) is 0 Å². The lowest BCUT2D eigenvalue weighted by Crippen LogP contribution is -2.15. The van der Waals surface area contributed by atoms with Gasteiger partial charge in [-0.05, 0) is 30.7 Å². The highest BCUT2D eigenvalue weighted by Crippen LogP contribution is 2.23. The number of aryl methyl sites for hydroxylation is 1. The van der Waals surface area contributed by atoms with Crippen LogP contribution in [0, 0.1) is 6.92 Å². The van der Waals surface area contributed by atoms with Crippen molar-refractivity contribution in [3.05, 3.63) is 28.8 Å². The minimum absolute atomic E-state index is 0.637. The molecule has 0 fully saturated rings. The molecule has 1 aromatic rings. The first kappa shape index (κ1) is 12.1. The predicted octanol–water partition coefficient (Wildman–Crippen LogP) is 3.64. The molecule has 1 amide bonds. The molecule has 0 aromatic heterocycles. The third-order valence-electron chi connectivity index (χ3n) is 1.73. The zero-order valence-corrected chi connectivity index (χ0v) is 9.82. The summed E-state index contributed by atoms with van der Waals surface area (Å²) >= 11 is 6.64. The van der Waals surface area contributed by atoms with E-state index in [4.69, 9.17) is 11.6 Å². The molecule has 0 unspecified atom stereocenters. The Morgan fingerprint density at radius 1 is 1.60 bits per heavy atom. The summed E-state index contributed by atoms with van der Waals surface area (Å²) in [7, 11) is 1.34. The molecule has 0 aliphatic rings. The summed E-state index contributed by atoms with van der Waals surface area (Å²) in [5.41, 5.74) is 1.72. The van der Waals surface area contributed by atoms with Gasteiger partial charge in [-0.2, -0.15) is 0 Å². The number of carbonyl (C=O) groups excluding carboxylic acids is 1. The summed E-state index contributed by atoms with van der Waals surface area (Å²) in [4.78, 5) is 10.3. The van der Waals surface area contributed by atoms with Gasteiger partial charge in [0.15, 0.2) is 0 Å². The molecular formula is C9H10ClFN2OS. The van der Waals surface area contributed by atoms with Crippen molar-refractivity contribution in [2.75, 3.05) is 11.8 Å². The maximum Gasteiger partial charge on any atom is 0.411 e. The Balaban J connectivity index is 2.62. The van der Waals surface area contributed by atoms with Gasteiger partial charge in [-0.1, -0.05) is 11.6 Å². The van der Waals surface area contributed by atoms with Gasteiger partial charge in [0.2, 0.25) is 0 Å². The van der Waals surface area contributed by atoms with Crippen LogP contribution in [0.15, 0.2) is 18.2 Å². The number of carbonyl (C=O) groups is 1. The first-order valence-corrected chi connectivity index (χ1v) is 5.28. The van der Waals surface area contributed by atoms with Crippen molar-refractivity contribution in [3.63, 3.8) is 0 Å². The number of benzene rings is 1. The van der Waals surface area contributed by atoms with Gasteiger partial charge in [-0.3, -0.25) is 0 Å². The quantitative estimate of drug-likeness (QED) is 0.504. The average Bonchev–Trinajstić information content (AvgIpc) is 2.15. The molecule has 1 N–H and O–H groups in total. The lowest BCUT2D eigenvalue weighted by Gasteiger charge is -2.13. The fourth-order valence-corrected chi connectivity index (χ4v) is 1.66. The fraction of sp³-hybridized carbons (Fsp3) is 0.222. The lowest BCUT2D eigenvalue weighted by molar-refractivity contribution is 0.209. The summed E-state index contributed by atoms with van der Waals surface area (Å²) in [6, 6.07) is 5.26. The SMILES string of the molecule is Cc1cc(Cl)ccc1NSN(C)C(=O)F.